The van der Waals surface area contributed by atoms with Crippen LogP contribution in [0.5, 0.6) is 0 Å². The van der Waals surface area contributed by atoms with Gasteiger partial charge in [0.15, 0.2) is 0 Å². The number of aliphatic hydroxyl groups is 1. The Kier molecular flexibility index (Phi) is 5.66. The van der Waals surface area contributed by atoms with Crippen LogP contribution < -0.4 is 11.1 Å². The molecule has 0 fully saturated rings. The van der Waals surface area contributed by atoms with Crippen LogP contribution in [0.4, 0.5) is 0 Å². The number of nitrogens with one attached hydrogen (secondary N) is 1. The van der Waals surface area contributed by atoms with E-state index in [1.165, 1.54) is 0 Å². The third kappa shape index (κ3) is 4.24. The highest BCUT2D eigenvalue weighted by Crippen LogP contribution is 1.99. The second kappa shape index (κ2) is 5.94. The molecule has 0 saturated heterocycles. The highest BCUT2D eigenvalue weighted by atomic mass is 16.3. The Morgan fingerprint density at radius 3 is 2.38 bits per heavy atom. The zero-order valence-corrected chi connectivity index (χ0v) is 8.58. The molecule has 0 aliphatic rings. The first-order chi connectivity index (χ1) is 6.02. The Morgan fingerprint density at radius 2 is 2.08 bits per heavy atom. The molecule has 0 rings (SSSR count). The molecule has 0 aliphatic heterocycles. The summed E-state index contributed by atoms with van der Waals surface area (Å²) in [5, 5.41) is 11.5. The summed E-state index contributed by atoms with van der Waals surface area (Å²) in [5.74, 6) is -0.0629. The van der Waals surface area contributed by atoms with E-state index in [4.69, 9.17) is 10.8 Å². The lowest BCUT2D eigenvalue weighted by atomic mass is 10.0. The Balaban J connectivity index is 3.98. The van der Waals surface area contributed by atoms with Gasteiger partial charge in [0.25, 0.3) is 0 Å². The lowest BCUT2D eigenvalue weighted by Gasteiger charge is -2.19. The Labute approximate surface area is 79.5 Å². The molecule has 0 aliphatic carbocycles. The fraction of sp³-hybridized carbons (Fsp3) is 0.889. The van der Waals surface area contributed by atoms with Crippen molar-refractivity contribution in [1.82, 2.24) is 5.32 Å². The van der Waals surface area contributed by atoms with Crippen LogP contribution in [0.25, 0.3) is 0 Å². The van der Waals surface area contributed by atoms with Crippen LogP contribution in [0, 0.1) is 5.92 Å². The second-order valence-electron chi connectivity index (χ2n) is 3.57. The minimum absolute atomic E-state index is 0.0347. The molecule has 0 radical (unpaired) electrons. The van der Waals surface area contributed by atoms with Gasteiger partial charge >= 0.3 is 0 Å². The molecule has 0 unspecified atom stereocenters. The fourth-order valence-electron chi connectivity index (χ4n) is 0.877. The summed E-state index contributed by atoms with van der Waals surface area (Å²) in [6, 6.07) is -0.655. The van der Waals surface area contributed by atoms with Crippen LogP contribution in [-0.4, -0.2) is 29.7 Å². The third-order valence-corrected chi connectivity index (χ3v) is 2.08. The van der Waals surface area contributed by atoms with Crippen molar-refractivity contribution in [2.75, 3.05) is 6.61 Å². The van der Waals surface area contributed by atoms with Crippen molar-refractivity contribution in [2.24, 2.45) is 11.7 Å². The summed E-state index contributed by atoms with van der Waals surface area (Å²) in [5.41, 5.74) is 5.62. The molecule has 0 aromatic heterocycles. The predicted molar refractivity (Wildman–Crippen MR) is 52.1 cm³/mol. The van der Waals surface area contributed by atoms with Gasteiger partial charge in [-0.05, 0) is 12.3 Å². The molecule has 4 heteroatoms. The number of hydrogen-bond acceptors (Lipinski definition) is 3. The molecule has 0 bridgehead atoms. The van der Waals surface area contributed by atoms with Gasteiger partial charge in [0.1, 0.15) is 0 Å². The van der Waals surface area contributed by atoms with E-state index in [2.05, 4.69) is 5.32 Å². The molecular formula is C9H20N2O2. The molecule has 1 amide bonds. The lowest BCUT2D eigenvalue weighted by molar-refractivity contribution is -0.124. The Bertz CT molecular complexity index is 156. The highest BCUT2D eigenvalue weighted by molar-refractivity contribution is 5.81. The number of carbonyl (C=O) groups is 1. The molecule has 78 valence electrons. The molecule has 0 saturated carbocycles. The maximum absolute atomic E-state index is 11.4. The maximum Gasteiger partial charge on any atom is 0.237 e. The van der Waals surface area contributed by atoms with Crippen LogP contribution in [0.3, 0.4) is 0 Å². The van der Waals surface area contributed by atoms with Gasteiger partial charge in [0.05, 0.1) is 18.7 Å². The zero-order chi connectivity index (χ0) is 10.4. The van der Waals surface area contributed by atoms with E-state index in [-0.39, 0.29) is 24.5 Å². The summed E-state index contributed by atoms with van der Waals surface area (Å²) in [6.45, 7) is 5.66. The van der Waals surface area contributed by atoms with Crippen molar-refractivity contribution in [3.63, 3.8) is 0 Å². The first-order valence-electron chi connectivity index (χ1n) is 4.69. The van der Waals surface area contributed by atoms with E-state index in [9.17, 15) is 4.79 Å². The van der Waals surface area contributed by atoms with E-state index < -0.39 is 6.04 Å². The monoisotopic (exact) mass is 188 g/mol. The highest BCUT2D eigenvalue weighted by Gasteiger charge is 2.19. The first-order valence-corrected chi connectivity index (χ1v) is 4.69. The molecule has 13 heavy (non-hydrogen) atoms. The number of hydrogen-bond donors (Lipinski definition) is 3. The lowest BCUT2D eigenvalue weighted by Crippen LogP contribution is -2.48. The van der Waals surface area contributed by atoms with E-state index in [0.29, 0.717) is 6.42 Å². The Hall–Kier alpha value is -0.610. The normalized spacial score (nSPS) is 15.5. The number of amides is 1. The summed E-state index contributed by atoms with van der Waals surface area (Å²) in [6.07, 6.45) is 0.715. The average Bonchev–Trinajstić information content (AvgIpc) is 2.12. The van der Waals surface area contributed by atoms with Gasteiger partial charge in [0, 0.05) is 0 Å². The zero-order valence-electron chi connectivity index (χ0n) is 8.58. The van der Waals surface area contributed by atoms with Crippen LogP contribution in [0.1, 0.15) is 27.2 Å². The van der Waals surface area contributed by atoms with Gasteiger partial charge in [-0.25, -0.2) is 0 Å². The Morgan fingerprint density at radius 1 is 1.54 bits per heavy atom. The van der Waals surface area contributed by atoms with Gasteiger partial charge < -0.3 is 16.2 Å². The number of aliphatic hydroxyl groups excluding tert-OH is 1. The summed E-state index contributed by atoms with van der Waals surface area (Å²) in [7, 11) is 0. The van der Waals surface area contributed by atoms with Gasteiger partial charge in [-0.15, -0.1) is 0 Å². The second-order valence-corrected chi connectivity index (χ2v) is 3.57. The van der Waals surface area contributed by atoms with E-state index >= 15 is 0 Å². The first kappa shape index (κ1) is 12.4. The molecule has 0 aromatic rings. The van der Waals surface area contributed by atoms with Crippen molar-refractivity contribution in [1.29, 1.82) is 0 Å². The molecule has 0 aromatic carbocycles. The van der Waals surface area contributed by atoms with Crippen LogP contribution in [0.15, 0.2) is 0 Å². The van der Waals surface area contributed by atoms with Crippen molar-refractivity contribution >= 4 is 5.91 Å². The minimum atomic E-state index is -0.486. The number of rotatable bonds is 5. The van der Waals surface area contributed by atoms with Crippen molar-refractivity contribution in [2.45, 2.75) is 39.3 Å². The van der Waals surface area contributed by atoms with Gasteiger partial charge in [-0.2, -0.15) is 0 Å². The third-order valence-electron chi connectivity index (χ3n) is 2.08. The molecule has 2 atom stereocenters. The topological polar surface area (TPSA) is 75.3 Å². The van der Waals surface area contributed by atoms with E-state index in [1.54, 1.807) is 0 Å². The average molecular weight is 188 g/mol. The number of carbonyl (C=O) groups excluding carboxylic acids is 1. The summed E-state index contributed by atoms with van der Waals surface area (Å²) >= 11 is 0. The van der Waals surface area contributed by atoms with Crippen molar-refractivity contribution < 1.29 is 9.90 Å². The van der Waals surface area contributed by atoms with E-state index in [0.717, 1.165) is 0 Å². The predicted octanol–water partition coefficient (Wildman–Crippen LogP) is -0.143. The molecule has 4 N–H and O–H groups in total. The van der Waals surface area contributed by atoms with Crippen LogP contribution in [-0.2, 0) is 4.79 Å². The van der Waals surface area contributed by atoms with Gasteiger partial charge in [0.2, 0.25) is 5.91 Å². The van der Waals surface area contributed by atoms with E-state index in [1.807, 2.05) is 20.8 Å². The summed E-state index contributed by atoms with van der Waals surface area (Å²) in [4.78, 5) is 11.4. The molecule has 0 heterocycles. The molecular weight excluding hydrogens is 168 g/mol. The smallest absolute Gasteiger partial charge is 0.237 e. The SMILES string of the molecule is CC[C@@H](CO)NC(=O)[C@@H](N)C(C)C. The minimum Gasteiger partial charge on any atom is -0.394 e. The fourth-order valence-corrected chi connectivity index (χ4v) is 0.877. The number of nitrogens with two attached hydrogens (primary N) is 1. The van der Waals surface area contributed by atoms with Crippen LogP contribution in [0.2, 0.25) is 0 Å². The largest absolute Gasteiger partial charge is 0.394 e. The van der Waals surface area contributed by atoms with Gasteiger partial charge in [-0.3, -0.25) is 4.79 Å². The molecule has 4 nitrogen and oxygen atoms in total. The van der Waals surface area contributed by atoms with Gasteiger partial charge in [-0.1, -0.05) is 20.8 Å². The molecule has 0 spiro atoms. The maximum atomic E-state index is 11.4. The van der Waals surface area contributed by atoms with Crippen LogP contribution >= 0.6 is 0 Å². The standard InChI is InChI=1S/C9H20N2O2/c1-4-7(5-12)11-9(13)8(10)6(2)3/h6-8,12H,4-5,10H2,1-3H3,(H,11,13)/t7-,8-/m0/s1. The quantitative estimate of drug-likeness (QED) is 0.562. The van der Waals surface area contributed by atoms with Crippen molar-refractivity contribution in [3.05, 3.63) is 0 Å². The van der Waals surface area contributed by atoms with Crippen molar-refractivity contribution in [3.8, 4) is 0 Å². The summed E-state index contributed by atoms with van der Waals surface area (Å²) < 4.78 is 0.